The molecule has 0 bridgehead atoms. The number of pyridine rings is 1. The Kier molecular flexibility index (Phi) is 5.30. The van der Waals surface area contributed by atoms with Crippen LogP contribution in [0, 0.1) is 11.8 Å². The third-order valence-electron chi connectivity index (χ3n) is 6.09. The summed E-state index contributed by atoms with van der Waals surface area (Å²) in [5, 5.41) is 20.0. The van der Waals surface area contributed by atoms with Crippen molar-refractivity contribution < 1.29 is 19.8 Å². The van der Waals surface area contributed by atoms with E-state index in [1.165, 1.54) is 4.90 Å². The molecule has 29 heavy (non-hydrogen) atoms. The number of carboxylic acids is 1. The molecule has 0 saturated carbocycles. The number of nitrogen functional groups attached to an aromatic ring is 1. The van der Waals surface area contributed by atoms with Crippen molar-refractivity contribution in [1.82, 2.24) is 14.8 Å². The van der Waals surface area contributed by atoms with Gasteiger partial charge < -0.3 is 20.8 Å². The Morgan fingerprint density at radius 2 is 2.21 bits per heavy atom. The van der Waals surface area contributed by atoms with Crippen LogP contribution in [0.3, 0.4) is 0 Å². The first-order valence-corrected chi connectivity index (χ1v) is 10.7. The standard InChI is InChI=1S/C20H26N4O4S/c1-10-16-15(11(2)25)19(26)24(16)17(20(27)28)18(10)29-13-5-6-23(9-13)8-12-3-4-14(21)22-7-12/h3-4,7,10-11,13,15-16,25H,5-6,8-9H2,1-2H3,(H2,21,22)(H,27,28)/t10-,11-,13-,15-,16-/m1/s1. The van der Waals surface area contributed by atoms with Gasteiger partial charge in [0.15, 0.2) is 0 Å². The van der Waals surface area contributed by atoms with Gasteiger partial charge in [0.1, 0.15) is 11.5 Å². The van der Waals surface area contributed by atoms with Crippen LogP contribution in [0.25, 0.3) is 0 Å². The molecule has 1 aromatic rings. The Bertz CT molecular complexity index is 857. The van der Waals surface area contributed by atoms with Crippen LogP contribution in [0.15, 0.2) is 28.9 Å². The van der Waals surface area contributed by atoms with E-state index < -0.39 is 18.0 Å². The maximum Gasteiger partial charge on any atom is 0.353 e. The van der Waals surface area contributed by atoms with Gasteiger partial charge in [0.25, 0.3) is 0 Å². The summed E-state index contributed by atoms with van der Waals surface area (Å²) in [5.41, 5.74) is 6.84. The number of rotatable bonds is 6. The normalized spacial score (nSPS) is 30.4. The molecule has 1 aromatic heterocycles. The van der Waals surface area contributed by atoms with Gasteiger partial charge in [0, 0.05) is 35.4 Å². The van der Waals surface area contributed by atoms with Crippen LogP contribution >= 0.6 is 11.8 Å². The number of aromatic nitrogens is 1. The summed E-state index contributed by atoms with van der Waals surface area (Å²) in [5.74, 6) is -1.45. The molecule has 0 spiro atoms. The van der Waals surface area contributed by atoms with Crippen LogP contribution in [-0.4, -0.2) is 67.4 Å². The van der Waals surface area contributed by atoms with Crippen LogP contribution in [0.2, 0.25) is 0 Å². The molecule has 5 atom stereocenters. The molecular formula is C20H26N4O4S. The third-order valence-corrected chi connectivity index (χ3v) is 7.62. The fourth-order valence-electron chi connectivity index (χ4n) is 4.68. The Morgan fingerprint density at radius 1 is 1.45 bits per heavy atom. The maximum atomic E-state index is 12.4. The quantitative estimate of drug-likeness (QED) is 0.588. The van der Waals surface area contributed by atoms with Crippen LogP contribution in [0.4, 0.5) is 5.82 Å². The number of hydrogen-bond acceptors (Lipinski definition) is 7. The summed E-state index contributed by atoms with van der Waals surface area (Å²) in [6, 6.07) is 3.51. The number of carboxylic acid groups (broad SMARTS) is 1. The molecule has 4 heterocycles. The van der Waals surface area contributed by atoms with E-state index in [1.54, 1.807) is 30.9 Å². The van der Waals surface area contributed by atoms with Gasteiger partial charge in [-0.3, -0.25) is 9.69 Å². The lowest BCUT2D eigenvalue weighted by molar-refractivity contribution is -0.163. The predicted octanol–water partition coefficient (Wildman–Crippen LogP) is 1.12. The number of β-lactam (4-membered cyclic amide) rings is 1. The first-order valence-electron chi connectivity index (χ1n) is 9.86. The summed E-state index contributed by atoms with van der Waals surface area (Å²) in [4.78, 5) is 33.0. The van der Waals surface area contributed by atoms with E-state index >= 15 is 0 Å². The predicted molar refractivity (Wildman–Crippen MR) is 110 cm³/mol. The number of hydrogen-bond donors (Lipinski definition) is 3. The van der Waals surface area contributed by atoms with Gasteiger partial charge in [-0.15, -0.1) is 11.8 Å². The van der Waals surface area contributed by atoms with Crippen molar-refractivity contribution in [2.24, 2.45) is 11.8 Å². The summed E-state index contributed by atoms with van der Waals surface area (Å²) in [6.45, 7) is 6.11. The second-order valence-electron chi connectivity index (χ2n) is 8.13. The highest BCUT2D eigenvalue weighted by Gasteiger charge is 2.60. The number of aliphatic hydroxyl groups is 1. The zero-order valence-electron chi connectivity index (χ0n) is 16.5. The number of nitrogens with two attached hydrogens (primary N) is 1. The number of amides is 1. The Hall–Kier alpha value is -2.10. The molecule has 1 amide bonds. The maximum absolute atomic E-state index is 12.4. The fraction of sp³-hybridized carbons (Fsp3) is 0.550. The number of nitrogens with zero attached hydrogens (tertiary/aromatic N) is 3. The number of carbonyl (C=O) groups is 2. The highest BCUT2D eigenvalue weighted by Crippen LogP contribution is 2.51. The molecule has 4 N–H and O–H groups in total. The van der Waals surface area contributed by atoms with Crippen molar-refractivity contribution in [3.63, 3.8) is 0 Å². The average Bonchev–Trinajstić information content (AvgIpc) is 3.18. The van der Waals surface area contributed by atoms with E-state index in [0.29, 0.717) is 5.82 Å². The molecule has 9 heteroatoms. The molecule has 156 valence electrons. The number of anilines is 1. The molecule has 0 aliphatic carbocycles. The third kappa shape index (κ3) is 3.51. The van der Waals surface area contributed by atoms with Crippen LogP contribution < -0.4 is 5.73 Å². The summed E-state index contributed by atoms with van der Waals surface area (Å²) in [7, 11) is 0. The van der Waals surface area contributed by atoms with E-state index in [9.17, 15) is 19.8 Å². The lowest BCUT2D eigenvalue weighted by Gasteiger charge is -2.46. The van der Waals surface area contributed by atoms with Gasteiger partial charge in [0.05, 0.1) is 18.1 Å². The van der Waals surface area contributed by atoms with E-state index in [0.717, 1.165) is 36.5 Å². The highest BCUT2D eigenvalue weighted by molar-refractivity contribution is 8.03. The van der Waals surface area contributed by atoms with Gasteiger partial charge in [-0.05, 0) is 31.5 Å². The Morgan fingerprint density at radius 3 is 2.83 bits per heavy atom. The van der Waals surface area contributed by atoms with Crippen molar-refractivity contribution in [1.29, 1.82) is 0 Å². The van der Waals surface area contributed by atoms with Gasteiger partial charge in [0.2, 0.25) is 5.91 Å². The van der Waals surface area contributed by atoms with E-state index in [-0.39, 0.29) is 28.8 Å². The minimum Gasteiger partial charge on any atom is -0.477 e. The van der Waals surface area contributed by atoms with Crippen molar-refractivity contribution in [2.45, 2.75) is 44.2 Å². The molecule has 4 rings (SSSR count). The molecule has 8 nitrogen and oxygen atoms in total. The van der Waals surface area contributed by atoms with Crippen molar-refractivity contribution in [3.05, 3.63) is 34.5 Å². The van der Waals surface area contributed by atoms with Gasteiger partial charge in [-0.2, -0.15) is 0 Å². The van der Waals surface area contributed by atoms with E-state index in [1.807, 2.05) is 13.0 Å². The number of aliphatic carboxylic acids is 1. The van der Waals surface area contributed by atoms with Gasteiger partial charge in [-0.25, -0.2) is 9.78 Å². The molecule has 0 aromatic carbocycles. The zero-order valence-corrected chi connectivity index (χ0v) is 17.3. The topological polar surface area (TPSA) is 120 Å². The minimum absolute atomic E-state index is 0.0845. The smallest absolute Gasteiger partial charge is 0.353 e. The number of carbonyl (C=O) groups excluding carboxylic acids is 1. The van der Waals surface area contributed by atoms with Gasteiger partial charge >= 0.3 is 5.97 Å². The van der Waals surface area contributed by atoms with Crippen LogP contribution in [0.5, 0.6) is 0 Å². The molecule has 2 saturated heterocycles. The van der Waals surface area contributed by atoms with Crippen LogP contribution in [-0.2, 0) is 16.1 Å². The van der Waals surface area contributed by atoms with E-state index in [4.69, 9.17) is 5.73 Å². The summed E-state index contributed by atoms with van der Waals surface area (Å²) in [6.07, 6.45) is 1.96. The van der Waals surface area contributed by atoms with Crippen molar-refractivity contribution in [2.75, 3.05) is 18.8 Å². The van der Waals surface area contributed by atoms with E-state index in [2.05, 4.69) is 9.88 Å². The minimum atomic E-state index is -1.07. The lowest BCUT2D eigenvalue weighted by Crippen LogP contribution is -2.63. The average molecular weight is 419 g/mol. The largest absolute Gasteiger partial charge is 0.477 e. The Labute approximate surface area is 173 Å². The number of fused-ring (bicyclic) bond motifs is 1. The Balaban J connectivity index is 1.45. The fourth-order valence-corrected chi connectivity index (χ4v) is 6.20. The van der Waals surface area contributed by atoms with Gasteiger partial charge in [-0.1, -0.05) is 13.0 Å². The summed E-state index contributed by atoms with van der Waals surface area (Å²) >= 11 is 1.59. The van der Waals surface area contributed by atoms with Crippen molar-refractivity contribution >= 4 is 29.5 Å². The molecule has 0 unspecified atom stereocenters. The number of likely N-dealkylation sites (tertiary alicyclic amines) is 1. The zero-order chi connectivity index (χ0) is 20.9. The second kappa shape index (κ2) is 7.62. The highest BCUT2D eigenvalue weighted by atomic mass is 32.2. The number of thioether (sulfide) groups is 1. The van der Waals surface area contributed by atoms with Crippen molar-refractivity contribution in [3.8, 4) is 0 Å². The number of aliphatic hydroxyl groups excluding tert-OH is 1. The molecule has 0 radical (unpaired) electrons. The monoisotopic (exact) mass is 418 g/mol. The van der Waals surface area contributed by atoms with Crippen LogP contribution in [0.1, 0.15) is 25.8 Å². The first-order chi connectivity index (χ1) is 13.8. The second-order valence-corrected chi connectivity index (χ2v) is 9.47. The lowest BCUT2D eigenvalue weighted by atomic mass is 9.79. The summed E-state index contributed by atoms with van der Waals surface area (Å²) < 4.78 is 0. The molecular weight excluding hydrogens is 392 g/mol. The first kappa shape index (κ1) is 20.2. The molecule has 3 aliphatic rings. The molecule has 3 aliphatic heterocycles. The molecule has 2 fully saturated rings. The SMILES string of the molecule is C[C@@H](O)[C@H]1C(=O)N2C(C(=O)O)=C(S[C@@H]3CCN(Cc4ccc(N)nc4)C3)[C@H](C)[C@H]12.